The standard InChI is InChI=1S/C14H18N2O5/c1-10-3-5-12(6-4-10)20-8-7-14(19)21-9-13(18)16-15-11(2)17/h3-6H,7-9H2,1-2H3,(H,15,17)(H,16,18). The highest BCUT2D eigenvalue weighted by atomic mass is 16.5. The van der Waals surface area contributed by atoms with E-state index < -0.39 is 24.4 Å². The Morgan fingerprint density at radius 2 is 1.76 bits per heavy atom. The molecule has 2 amide bonds. The van der Waals surface area contributed by atoms with Crippen molar-refractivity contribution in [2.75, 3.05) is 13.2 Å². The van der Waals surface area contributed by atoms with Gasteiger partial charge in [0.05, 0.1) is 13.0 Å². The third-order valence-electron chi connectivity index (χ3n) is 2.34. The Morgan fingerprint density at radius 1 is 1.10 bits per heavy atom. The van der Waals surface area contributed by atoms with E-state index >= 15 is 0 Å². The van der Waals surface area contributed by atoms with Gasteiger partial charge in [0.15, 0.2) is 6.61 Å². The van der Waals surface area contributed by atoms with Gasteiger partial charge in [0.25, 0.3) is 5.91 Å². The fourth-order valence-electron chi connectivity index (χ4n) is 1.30. The van der Waals surface area contributed by atoms with Gasteiger partial charge in [0.1, 0.15) is 5.75 Å². The molecule has 7 nitrogen and oxygen atoms in total. The second-order valence-corrected chi connectivity index (χ2v) is 4.30. The van der Waals surface area contributed by atoms with E-state index in [1.807, 2.05) is 31.2 Å². The van der Waals surface area contributed by atoms with Crippen molar-refractivity contribution in [2.45, 2.75) is 20.3 Å². The Bertz CT molecular complexity index is 499. The molecule has 0 fully saturated rings. The van der Waals surface area contributed by atoms with Crippen LogP contribution in [-0.4, -0.2) is 31.0 Å². The lowest BCUT2D eigenvalue weighted by Crippen LogP contribution is -2.42. The van der Waals surface area contributed by atoms with Crippen molar-refractivity contribution in [3.05, 3.63) is 29.8 Å². The molecule has 21 heavy (non-hydrogen) atoms. The molecule has 0 aliphatic carbocycles. The summed E-state index contributed by atoms with van der Waals surface area (Å²) in [6.07, 6.45) is 0.0291. The van der Waals surface area contributed by atoms with Crippen molar-refractivity contribution in [2.24, 2.45) is 0 Å². The van der Waals surface area contributed by atoms with E-state index in [0.717, 1.165) is 5.56 Å². The number of esters is 1. The quantitative estimate of drug-likeness (QED) is 0.588. The van der Waals surface area contributed by atoms with Crippen LogP contribution >= 0.6 is 0 Å². The molecule has 0 heterocycles. The van der Waals surface area contributed by atoms with E-state index in [9.17, 15) is 14.4 Å². The predicted molar refractivity (Wildman–Crippen MR) is 74.2 cm³/mol. The van der Waals surface area contributed by atoms with Gasteiger partial charge >= 0.3 is 5.97 Å². The molecule has 114 valence electrons. The number of carbonyl (C=O) groups is 3. The maximum atomic E-state index is 11.4. The number of carbonyl (C=O) groups excluding carboxylic acids is 3. The maximum absolute atomic E-state index is 11.4. The van der Waals surface area contributed by atoms with E-state index in [1.165, 1.54) is 6.92 Å². The van der Waals surface area contributed by atoms with Crippen LogP contribution in [0.2, 0.25) is 0 Å². The summed E-state index contributed by atoms with van der Waals surface area (Å²) in [6, 6.07) is 7.42. The molecule has 0 atom stereocenters. The van der Waals surface area contributed by atoms with Gasteiger partial charge in [-0.2, -0.15) is 0 Å². The number of amides is 2. The smallest absolute Gasteiger partial charge is 0.309 e. The maximum Gasteiger partial charge on any atom is 0.309 e. The average Bonchev–Trinajstić information content (AvgIpc) is 2.45. The van der Waals surface area contributed by atoms with Gasteiger partial charge in [0.2, 0.25) is 5.91 Å². The number of hydrazine groups is 1. The first-order chi connectivity index (χ1) is 9.97. The van der Waals surface area contributed by atoms with E-state index in [-0.39, 0.29) is 13.0 Å². The van der Waals surface area contributed by atoms with Gasteiger partial charge in [-0.15, -0.1) is 0 Å². The van der Waals surface area contributed by atoms with Gasteiger partial charge in [-0.25, -0.2) is 0 Å². The van der Waals surface area contributed by atoms with Crippen LogP contribution in [0.15, 0.2) is 24.3 Å². The van der Waals surface area contributed by atoms with Crippen LogP contribution in [0.4, 0.5) is 0 Å². The summed E-state index contributed by atoms with van der Waals surface area (Å²) in [5.74, 6) is -0.920. The van der Waals surface area contributed by atoms with Gasteiger partial charge < -0.3 is 9.47 Å². The first-order valence-electron chi connectivity index (χ1n) is 6.38. The average molecular weight is 294 g/mol. The summed E-state index contributed by atoms with van der Waals surface area (Å²) in [4.78, 5) is 33.0. The van der Waals surface area contributed by atoms with Gasteiger partial charge in [-0.1, -0.05) is 17.7 Å². The number of rotatable bonds is 6. The molecule has 0 spiro atoms. The Labute approximate surface area is 122 Å². The molecule has 0 bridgehead atoms. The minimum absolute atomic E-state index is 0.0291. The molecule has 1 rings (SSSR count). The summed E-state index contributed by atoms with van der Waals surface area (Å²) in [5.41, 5.74) is 5.28. The second kappa shape index (κ2) is 8.57. The van der Waals surface area contributed by atoms with Crippen LogP contribution in [0.1, 0.15) is 18.9 Å². The first kappa shape index (κ1) is 16.5. The van der Waals surface area contributed by atoms with Gasteiger partial charge in [-0.05, 0) is 19.1 Å². The molecule has 1 aromatic rings. The zero-order chi connectivity index (χ0) is 15.7. The molecule has 0 aliphatic rings. The van der Waals surface area contributed by atoms with Crippen molar-refractivity contribution >= 4 is 17.8 Å². The Morgan fingerprint density at radius 3 is 2.38 bits per heavy atom. The summed E-state index contributed by atoms with van der Waals surface area (Å²) in [7, 11) is 0. The number of benzene rings is 1. The van der Waals surface area contributed by atoms with E-state index in [2.05, 4.69) is 10.9 Å². The number of hydrogen-bond donors (Lipinski definition) is 2. The molecule has 0 saturated carbocycles. The minimum atomic E-state index is -0.613. The largest absolute Gasteiger partial charge is 0.493 e. The highest BCUT2D eigenvalue weighted by molar-refractivity contribution is 5.83. The number of aryl methyl sites for hydroxylation is 1. The monoisotopic (exact) mass is 294 g/mol. The molecular weight excluding hydrogens is 276 g/mol. The fourth-order valence-corrected chi connectivity index (χ4v) is 1.30. The number of ether oxygens (including phenoxy) is 2. The van der Waals surface area contributed by atoms with Crippen molar-refractivity contribution in [3.8, 4) is 5.75 Å². The molecule has 0 saturated heterocycles. The summed E-state index contributed by atoms with van der Waals surface area (Å²) >= 11 is 0. The first-order valence-corrected chi connectivity index (χ1v) is 6.38. The Balaban J connectivity index is 2.15. The van der Waals surface area contributed by atoms with Crippen LogP contribution in [0.5, 0.6) is 5.75 Å². The van der Waals surface area contributed by atoms with Gasteiger partial charge in [-0.3, -0.25) is 25.2 Å². The van der Waals surface area contributed by atoms with Crippen LogP contribution in [0.25, 0.3) is 0 Å². The molecule has 0 aliphatic heterocycles. The summed E-state index contributed by atoms with van der Waals surface area (Å²) in [6.45, 7) is 2.92. The lowest BCUT2D eigenvalue weighted by molar-refractivity contribution is -0.149. The second-order valence-electron chi connectivity index (χ2n) is 4.30. The molecule has 0 radical (unpaired) electrons. The summed E-state index contributed by atoms with van der Waals surface area (Å²) in [5, 5.41) is 0. The topological polar surface area (TPSA) is 93.7 Å². The number of nitrogens with one attached hydrogen (secondary N) is 2. The normalized spacial score (nSPS) is 9.62. The third-order valence-corrected chi connectivity index (χ3v) is 2.34. The number of hydrogen-bond acceptors (Lipinski definition) is 5. The van der Waals surface area contributed by atoms with Gasteiger partial charge in [0, 0.05) is 6.92 Å². The van der Waals surface area contributed by atoms with Crippen molar-refractivity contribution in [3.63, 3.8) is 0 Å². The van der Waals surface area contributed by atoms with Crippen LogP contribution in [0.3, 0.4) is 0 Å². The fraction of sp³-hybridized carbons (Fsp3) is 0.357. The Kier molecular flexibility index (Phi) is 6.73. The predicted octanol–water partition coefficient (Wildman–Crippen LogP) is 0.474. The van der Waals surface area contributed by atoms with E-state index in [1.54, 1.807) is 0 Å². The van der Waals surface area contributed by atoms with Crippen molar-refractivity contribution in [1.29, 1.82) is 0 Å². The molecule has 2 N–H and O–H groups in total. The Hall–Kier alpha value is -2.57. The summed E-state index contributed by atoms with van der Waals surface area (Å²) < 4.78 is 10.1. The van der Waals surface area contributed by atoms with Crippen molar-refractivity contribution < 1.29 is 23.9 Å². The van der Waals surface area contributed by atoms with Crippen LogP contribution in [-0.2, 0) is 19.1 Å². The molecule has 7 heteroatoms. The highest BCUT2D eigenvalue weighted by Crippen LogP contribution is 2.11. The molecule has 0 aromatic heterocycles. The zero-order valence-corrected chi connectivity index (χ0v) is 12.0. The zero-order valence-electron chi connectivity index (χ0n) is 12.0. The van der Waals surface area contributed by atoms with Crippen molar-refractivity contribution in [1.82, 2.24) is 10.9 Å². The lowest BCUT2D eigenvalue weighted by Gasteiger charge is -2.08. The van der Waals surface area contributed by atoms with E-state index in [0.29, 0.717) is 5.75 Å². The van der Waals surface area contributed by atoms with E-state index in [4.69, 9.17) is 9.47 Å². The highest BCUT2D eigenvalue weighted by Gasteiger charge is 2.08. The SMILES string of the molecule is CC(=O)NNC(=O)COC(=O)CCOc1ccc(C)cc1. The lowest BCUT2D eigenvalue weighted by atomic mass is 10.2. The molecule has 0 unspecified atom stereocenters. The minimum Gasteiger partial charge on any atom is -0.493 e. The molecule has 1 aromatic carbocycles. The molecular formula is C14H18N2O5. The van der Waals surface area contributed by atoms with Crippen LogP contribution < -0.4 is 15.6 Å². The van der Waals surface area contributed by atoms with Crippen LogP contribution in [0, 0.1) is 6.92 Å². The third kappa shape index (κ3) is 7.56.